The number of anilines is 1. The smallest absolute Gasteiger partial charge is 0.311 e. The molecule has 1 atom stereocenters. The molecule has 0 unspecified atom stereocenters. The van der Waals surface area contributed by atoms with Crippen LogP contribution >= 0.6 is 0 Å². The summed E-state index contributed by atoms with van der Waals surface area (Å²) >= 11 is 0. The van der Waals surface area contributed by atoms with Gasteiger partial charge in [0.2, 0.25) is 5.91 Å². The Morgan fingerprint density at radius 1 is 1.55 bits per heavy atom. The Balaban J connectivity index is 2.17. The number of amides is 1. The normalized spacial score (nSPS) is 18.1. The number of nitro groups is 1. The van der Waals surface area contributed by atoms with Gasteiger partial charge in [0.15, 0.2) is 0 Å². The lowest BCUT2D eigenvalue weighted by atomic mass is 10.1. The predicted molar refractivity (Wildman–Crippen MR) is 70.2 cm³/mol. The minimum Gasteiger partial charge on any atom is -0.466 e. The zero-order chi connectivity index (χ0) is 14.7. The van der Waals surface area contributed by atoms with Gasteiger partial charge in [0.05, 0.1) is 23.1 Å². The largest absolute Gasteiger partial charge is 0.466 e. The van der Waals surface area contributed by atoms with Crippen LogP contribution in [0, 0.1) is 16.0 Å². The van der Waals surface area contributed by atoms with E-state index in [0.29, 0.717) is 5.69 Å². The van der Waals surface area contributed by atoms with Crippen molar-refractivity contribution >= 4 is 23.3 Å². The van der Waals surface area contributed by atoms with Crippen molar-refractivity contribution in [2.75, 3.05) is 18.1 Å². The van der Waals surface area contributed by atoms with E-state index in [0.717, 1.165) is 0 Å². The fourth-order valence-corrected chi connectivity index (χ4v) is 2.15. The van der Waals surface area contributed by atoms with Crippen molar-refractivity contribution < 1.29 is 19.2 Å². The number of rotatable bonds is 4. The standard InChI is InChI=1S/C13H14N2O5/c1-2-20-13(17)9-6-12(16)14(8-9)10-4-3-5-11(7-10)15(18)19/h3-5,7,9H,2,6,8H2,1H3/t9-/m0/s1. The molecule has 0 aliphatic carbocycles. The fraction of sp³-hybridized carbons (Fsp3) is 0.385. The van der Waals surface area contributed by atoms with Gasteiger partial charge in [0, 0.05) is 25.1 Å². The molecule has 2 rings (SSSR count). The SMILES string of the molecule is CCOC(=O)[C@H]1CC(=O)N(c2cccc([N+](=O)[O-])c2)C1. The van der Waals surface area contributed by atoms with E-state index in [-0.39, 0.29) is 31.2 Å². The lowest BCUT2D eigenvalue weighted by Crippen LogP contribution is -2.26. The topological polar surface area (TPSA) is 89.8 Å². The molecule has 1 saturated heterocycles. The highest BCUT2D eigenvalue weighted by Gasteiger charge is 2.36. The second-order valence-corrected chi connectivity index (χ2v) is 4.43. The molecule has 7 nitrogen and oxygen atoms in total. The Hall–Kier alpha value is -2.44. The molecule has 1 aliphatic rings. The van der Waals surface area contributed by atoms with E-state index in [1.54, 1.807) is 13.0 Å². The molecular formula is C13H14N2O5. The number of hydrogen-bond acceptors (Lipinski definition) is 5. The average Bonchev–Trinajstić information content (AvgIpc) is 2.81. The molecule has 1 aromatic carbocycles. The molecule has 0 spiro atoms. The number of esters is 1. The summed E-state index contributed by atoms with van der Waals surface area (Å²) in [6, 6.07) is 5.80. The van der Waals surface area contributed by atoms with Crippen LogP contribution in [-0.2, 0) is 14.3 Å². The monoisotopic (exact) mass is 278 g/mol. The van der Waals surface area contributed by atoms with Gasteiger partial charge in [-0.1, -0.05) is 6.07 Å². The quantitative estimate of drug-likeness (QED) is 0.473. The van der Waals surface area contributed by atoms with Gasteiger partial charge >= 0.3 is 5.97 Å². The Bertz CT molecular complexity index is 557. The maximum atomic E-state index is 11.9. The summed E-state index contributed by atoms with van der Waals surface area (Å²) in [4.78, 5) is 35.2. The van der Waals surface area contributed by atoms with Crippen LogP contribution in [0.2, 0.25) is 0 Å². The molecular weight excluding hydrogens is 264 g/mol. The van der Waals surface area contributed by atoms with Gasteiger partial charge in [-0.25, -0.2) is 0 Å². The molecule has 1 amide bonds. The van der Waals surface area contributed by atoms with Gasteiger partial charge in [0.25, 0.3) is 5.69 Å². The summed E-state index contributed by atoms with van der Waals surface area (Å²) in [5.41, 5.74) is 0.339. The molecule has 20 heavy (non-hydrogen) atoms. The van der Waals surface area contributed by atoms with Crippen molar-refractivity contribution in [1.82, 2.24) is 0 Å². The van der Waals surface area contributed by atoms with E-state index >= 15 is 0 Å². The lowest BCUT2D eigenvalue weighted by molar-refractivity contribution is -0.384. The molecule has 0 radical (unpaired) electrons. The van der Waals surface area contributed by atoms with Crippen LogP contribution in [0.5, 0.6) is 0 Å². The van der Waals surface area contributed by atoms with E-state index in [9.17, 15) is 19.7 Å². The number of carbonyl (C=O) groups is 2. The Labute approximate surface area is 115 Å². The summed E-state index contributed by atoms with van der Waals surface area (Å²) < 4.78 is 4.89. The van der Waals surface area contributed by atoms with Crippen molar-refractivity contribution in [3.8, 4) is 0 Å². The molecule has 7 heteroatoms. The van der Waals surface area contributed by atoms with Crippen molar-refractivity contribution in [2.45, 2.75) is 13.3 Å². The highest BCUT2D eigenvalue weighted by Crippen LogP contribution is 2.28. The van der Waals surface area contributed by atoms with Crippen LogP contribution in [0.3, 0.4) is 0 Å². The minimum absolute atomic E-state index is 0.0710. The first-order chi connectivity index (χ1) is 9.52. The van der Waals surface area contributed by atoms with Crippen LogP contribution in [0.4, 0.5) is 11.4 Å². The van der Waals surface area contributed by atoms with Crippen molar-refractivity contribution in [3.05, 3.63) is 34.4 Å². The first-order valence-electron chi connectivity index (χ1n) is 6.24. The molecule has 0 N–H and O–H groups in total. The third-order valence-electron chi connectivity index (χ3n) is 3.10. The third kappa shape index (κ3) is 2.76. The van der Waals surface area contributed by atoms with Crippen molar-refractivity contribution in [2.24, 2.45) is 5.92 Å². The molecule has 1 fully saturated rings. The van der Waals surface area contributed by atoms with E-state index in [4.69, 9.17) is 4.74 Å². The number of hydrogen-bond donors (Lipinski definition) is 0. The second-order valence-electron chi connectivity index (χ2n) is 4.43. The molecule has 0 saturated carbocycles. The van der Waals surface area contributed by atoms with Gasteiger partial charge in [0.1, 0.15) is 0 Å². The van der Waals surface area contributed by atoms with Crippen LogP contribution in [-0.4, -0.2) is 30.0 Å². The fourth-order valence-electron chi connectivity index (χ4n) is 2.15. The summed E-state index contributed by atoms with van der Waals surface area (Å²) in [5, 5.41) is 10.7. The first kappa shape index (κ1) is 14.0. The van der Waals surface area contributed by atoms with Gasteiger partial charge in [-0.15, -0.1) is 0 Å². The Morgan fingerprint density at radius 3 is 2.95 bits per heavy atom. The Kier molecular flexibility index (Phi) is 3.97. The number of ether oxygens (including phenoxy) is 1. The van der Waals surface area contributed by atoms with E-state index in [2.05, 4.69) is 0 Å². The van der Waals surface area contributed by atoms with Crippen LogP contribution in [0.1, 0.15) is 13.3 Å². The summed E-state index contributed by atoms with van der Waals surface area (Å²) in [5.74, 6) is -1.15. The molecule has 1 aromatic rings. The maximum Gasteiger partial charge on any atom is 0.311 e. The number of benzene rings is 1. The van der Waals surface area contributed by atoms with Gasteiger partial charge in [-0.3, -0.25) is 19.7 Å². The van der Waals surface area contributed by atoms with Crippen LogP contribution in [0.15, 0.2) is 24.3 Å². The number of nitrogens with zero attached hydrogens (tertiary/aromatic N) is 2. The van der Waals surface area contributed by atoms with E-state index < -0.39 is 16.8 Å². The maximum absolute atomic E-state index is 11.9. The lowest BCUT2D eigenvalue weighted by Gasteiger charge is -2.16. The summed E-state index contributed by atoms with van der Waals surface area (Å²) in [6.07, 6.45) is 0.0710. The Morgan fingerprint density at radius 2 is 2.30 bits per heavy atom. The second kappa shape index (κ2) is 5.68. The van der Waals surface area contributed by atoms with Gasteiger partial charge in [-0.05, 0) is 13.0 Å². The molecule has 106 valence electrons. The predicted octanol–water partition coefficient (Wildman–Crippen LogP) is 1.51. The average molecular weight is 278 g/mol. The van der Waals surface area contributed by atoms with Crippen LogP contribution in [0.25, 0.3) is 0 Å². The molecule has 0 aromatic heterocycles. The molecule has 0 bridgehead atoms. The molecule has 1 aliphatic heterocycles. The number of carbonyl (C=O) groups excluding carboxylic acids is 2. The summed E-state index contributed by atoms with van der Waals surface area (Å²) in [6.45, 7) is 2.16. The first-order valence-corrected chi connectivity index (χ1v) is 6.24. The molecule has 1 heterocycles. The summed E-state index contributed by atoms with van der Waals surface area (Å²) in [7, 11) is 0. The number of non-ortho nitro benzene ring substituents is 1. The van der Waals surface area contributed by atoms with Crippen LogP contribution < -0.4 is 4.90 Å². The van der Waals surface area contributed by atoms with E-state index in [1.165, 1.54) is 23.1 Å². The highest BCUT2D eigenvalue weighted by atomic mass is 16.6. The van der Waals surface area contributed by atoms with Gasteiger partial charge < -0.3 is 9.64 Å². The number of nitro benzene ring substituents is 1. The minimum atomic E-state index is -0.521. The zero-order valence-corrected chi connectivity index (χ0v) is 10.9. The zero-order valence-electron chi connectivity index (χ0n) is 10.9. The third-order valence-corrected chi connectivity index (χ3v) is 3.10. The van der Waals surface area contributed by atoms with Crippen molar-refractivity contribution in [3.63, 3.8) is 0 Å². The van der Waals surface area contributed by atoms with Gasteiger partial charge in [-0.2, -0.15) is 0 Å². The van der Waals surface area contributed by atoms with E-state index in [1.807, 2.05) is 0 Å². The van der Waals surface area contributed by atoms with Crippen molar-refractivity contribution in [1.29, 1.82) is 0 Å². The highest BCUT2D eigenvalue weighted by molar-refractivity contribution is 5.99.